The van der Waals surface area contributed by atoms with Crippen LogP contribution < -0.4 is 0 Å². The topological polar surface area (TPSA) is 54.5 Å². The Bertz CT molecular complexity index is 635. The number of hydrogen-bond acceptors (Lipinski definition) is 4. The third-order valence-corrected chi connectivity index (χ3v) is 4.61. The Morgan fingerprint density at radius 2 is 2.30 bits per heavy atom. The molecule has 3 heterocycles. The lowest BCUT2D eigenvalue weighted by Crippen LogP contribution is -2.51. The van der Waals surface area contributed by atoms with Crippen LogP contribution in [0.3, 0.4) is 0 Å². The highest BCUT2D eigenvalue weighted by atomic mass is 16.3. The smallest absolute Gasteiger partial charge is 0.223 e. The van der Waals surface area contributed by atoms with Crippen LogP contribution >= 0.6 is 0 Å². The zero-order valence-corrected chi connectivity index (χ0v) is 13.8. The van der Waals surface area contributed by atoms with Crippen molar-refractivity contribution in [2.75, 3.05) is 26.2 Å². The Morgan fingerprint density at radius 3 is 2.96 bits per heavy atom. The first-order valence-electron chi connectivity index (χ1n) is 8.19. The molecule has 0 spiro atoms. The molecule has 3 rings (SSSR count). The number of rotatable bonds is 5. The molecular formula is C17H24N4O2. The van der Waals surface area contributed by atoms with Crippen LogP contribution in [0.15, 0.2) is 35.4 Å². The third kappa shape index (κ3) is 3.47. The third-order valence-electron chi connectivity index (χ3n) is 4.61. The van der Waals surface area contributed by atoms with E-state index in [1.807, 2.05) is 35.0 Å². The number of nitrogens with zero attached hydrogens (tertiary/aromatic N) is 4. The van der Waals surface area contributed by atoms with Crippen LogP contribution in [-0.4, -0.2) is 51.4 Å². The lowest BCUT2D eigenvalue weighted by atomic mass is 10.1. The van der Waals surface area contributed by atoms with E-state index >= 15 is 0 Å². The van der Waals surface area contributed by atoms with Crippen molar-refractivity contribution >= 4 is 5.91 Å². The summed E-state index contributed by atoms with van der Waals surface area (Å²) in [5.41, 5.74) is 1.08. The fraction of sp³-hybridized carbons (Fsp3) is 0.529. The minimum absolute atomic E-state index is 0.173. The van der Waals surface area contributed by atoms with Crippen molar-refractivity contribution in [3.05, 3.63) is 42.4 Å². The summed E-state index contributed by atoms with van der Waals surface area (Å²) in [7, 11) is 2.01. The monoisotopic (exact) mass is 316 g/mol. The number of aryl methyl sites for hydroxylation is 2. The largest absolute Gasteiger partial charge is 0.472 e. The SMILES string of the molecule is CCN1CCN(C(=O)CCc2ccoc2)C[C@H]1c1nccn1C. The quantitative estimate of drug-likeness (QED) is 0.845. The molecule has 0 aromatic carbocycles. The molecule has 1 saturated heterocycles. The normalized spacial score (nSPS) is 19.2. The molecule has 0 unspecified atom stereocenters. The van der Waals surface area contributed by atoms with Gasteiger partial charge in [0, 0.05) is 45.5 Å². The zero-order valence-electron chi connectivity index (χ0n) is 13.8. The second-order valence-electron chi connectivity index (χ2n) is 6.01. The van der Waals surface area contributed by atoms with Crippen LogP contribution in [0.25, 0.3) is 0 Å². The molecule has 6 heteroatoms. The molecular weight excluding hydrogens is 292 g/mol. The Hall–Kier alpha value is -2.08. The van der Waals surface area contributed by atoms with Crippen molar-refractivity contribution < 1.29 is 9.21 Å². The molecule has 1 atom stereocenters. The van der Waals surface area contributed by atoms with Gasteiger partial charge in [0.25, 0.3) is 0 Å². The Morgan fingerprint density at radius 1 is 1.43 bits per heavy atom. The van der Waals surface area contributed by atoms with Gasteiger partial charge in [-0.3, -0.25) is 9.69 Å². The van der Waals surface area contributed by atoms with E-state index in [2.05, 4.69) is 16.8 Å². The maximum Gasteiger partial charge on any atom is 0.223 e. The highest BCUT2D eigenvalue weighted by molar-refractivity contribution is 5.76. The summed E-state index contributed by atoms with van der Waals surface area (Å²) < 4.78 is 7.11. The molecule has 6 nitrogen and oxygen atoms in total. The predicted octanol–water partition coefficient (Wildman–Crippen LogP) is 1.85. The van der Waals surface area contributed by atoms with Crippen LogP contribution in [0.2, 0.25) is 0 Å². The highest BCUT2D eigenvalue weighted by Crippen LogP contribution is 2.24. The van der Waals surface area contributed by atoms with Crippen LogP contribution in [0.1, 0.15) is 30.8 Å². The molecule has 0 radical (unpaired) electrons. The first-order chi connectivity index (χ1) is 11.2. The van der Waals surface area contributed by atoms with Crippen molar-refractivity contribution in [1.29, 1.82) is 0 Å². The van der Waals surface area contributed by atoms with Gasteiger partial charge in [-0.2, -0.15) is 0 Å². The number of imidazole rings is 1. The van der Waals surface area contributed by atoms with Crippen LogP contribution in [0.5, 0.6) is 0 Å². The number of likely N-dealkylation sites (N-methyl/N-ethyl adjacent to an activating group) is 1. The van der Waals surface area contributed by atoms with Gasteiger partial charge in [-0.15, -0.1) is 0 Å². The summed E-state index contributed by atoms with van der Waals surface area (Å²) in [4.78, 5) is 21.4. The molecule has 0 saturated carbocycles. The van der Waals surface area contributed by atoms with Crippen molar-refractivity contribution in [2.45, 2.75) is 25.8 Å². The van der Waals surface area contributed by atoms with E-state index in [0.29, 0.717) is 13.0 Å². The highest BCUT2D eigenvalue weighted by Gasteiger charge is 2.31. The second-order valence-corrected chi connectivity index (χ2v) is 6.01. The fourth-order valence-electron chi connectivity index (χ4n) is 3.21. The molecule has 23 heavy (non-hydrogen) atoms. The van der Waals surface area contributed by atoms with Gasteiger partial charge in [0.1, 0.15) is 5.82 Å². The number of furan rings is 1. The first-order valence-corrected chi connectivity index (χ1v) is 8.19. The Balaban J connectivity index is 1.65. The second kappa shape index (κ2) is 7.00. The number of amides is 1. The van der Waals surface area contributed by atoms with Gasteiger partial charge in [-0.25, -0.2) is 4.98 Å². The molecule has 0 bridgehead atoms. The minimum Gasteiger partial charge on any atom is -0.472 e. The summed E-state index contributed by atoms with van der Waals surface area (Å²) in [6.45, 7) is 5.52. The Kier molecular flexibility index (Phi) is 4.81. The number of aromatic nitrogens is 2. The van der Waals surface area contributed by atoms with Crippen molar-refractivity contribution in [2.24, 2.45) is 7.05 Å². The summed E-state index contributed by atoms with van der Waals surface area (Å²) in [6.07, 6.45) is 8.40. The number of piperazine rings is 1. The minimum atomic E-state index is 0.173. The number of hydrogen-bond donors (Lipinski definition) is 0. The summed E-state index contributed by atoms with van der Waals surface area (Å²) in [5.74, 6) is 1.24. The van der Waals surface area contributed by atoms with E-state index in [4.69, 9.17) is 4.42 Å². The van der Waals surface area contributed by atoms with Gasteiger partial charge in [-0.1, -0.05) is 6.92 Å². The maximum atomic E-state index is 12.5. The Labute approximate surface area is 136 Å². The first kappa shape index (κ1) is 15.8. The van der Waals surface area contributed by atoms with Gasteiger partial charge in [-0.05, 0) is 24.6 Å². The van der Waals surface area contributed by atoms with Crippen molar-refractivity contribution in [1.82, 2.24) is 19.4 Å². The van der Waals surface area contributed by atoms with Gasteiger partial charge in [0.2, 0.25) is 5.91 Å². The standard InChI is InChI=1S/C17H24N4O2/c1-3-20-9-10-21(12-15(20)17-18-7-8-19(17)2)16(22)5-4-14-6-11-23-13-14/h6-8,11,13,15H,3-5,9-10,12H2,1-2H3/t15-/m0/s1. The summed E-state index contributed by atoms with van der Waals surface area (Å²) in [6, 6.07) is 2.09. The molecule has 2 aromatic rings. The van der Waals surface area contributed by atoms with Gasteiger partial charge >= 0.3 is 0 Å². The van der Waals surface area contributed by atoms with E-state index < -0.39 is 0 Å². The van der Waals surface area contributed by atoms with E-state index in [9.17, 15) is 4.79 Å². The number of carbonyl (C=O) groups excluding carboxylic acids is 1. The molecule has 2 aromatic heterocycles. The van der Waals surface area contributed by atoms with Crippen LogP contribution in [-0.2, 0) is 18.3 Å². The molecule has 124 valence electrons. The predicted molar refractivity (Wildman–Crippen MR) is 86.8 cm³/mol. The maximum absolute atomic E-state index is 12.5. The lowest BCUT2D eigenvalue weighted by Gasteiger charge is -2.40. The van der Waals surface area contributed by atoms with Crippen molar-refractivity contribution in [3.63, 3.8) is 0 Å². The van der Waals surface area contributed by atoms with E-state index in [-0.39, 0.29) is 11.9 Å². The number of carbonyl (C=O) groups is 1. The molecule has 0 N–H and O–H groups in total. The van der Waals surface area contributed by atoms with E-state index in [1.165, 1.54) is 0 Å². The van der Waals surface area contributed by atoms with E-state index in [1.54, 1.807) is 12.5 Å². The summed E-state index contributed by atoms with van der Waals surface area (Å²) in [5, 5.41) is 0. The molecule has 1 fully saturated rings. The molecule has 1 aliphatic heterocycles. The average molecular weight is 316 g/mol. The van der Waals surface area contributed by atoms with Crippen molar-refractivity contribution in [3.8, 4) is 0 Å². The van der Waals surface area contributed by atoms with Gasteiger partial charge in [0.15, 0.2) is 0 Å². The molecule has 1 amide bonds. The van der Waals surface area contributed by atoms with Crippen LogP contribution in [0.4, 0.5) is 0 Å². The average Bonchev–Trinajstić information content (AvgIpc) is 3.23. The lowest BCUT2D eigenvalue weighted by molar-refractivity contribution is -0.134. The van der Waals surface area contributed by atoms with Gasteiger partial charge < -0.3 is 13.9 Å². The fourth-order valence-corrected chi connectivity index (χ4v) is 3.21. The molecule has 1 aliphatic rings. The van der Waals surface area contributed by atoms with Gasteiger partial charge in [0.05, 0.1) is 18.6 Å². The van der Waals surface area contributed by atoms with E-state index in [0.717, 1.165) is 37.4 Å². The van der Waals surface area contributed by atoms with Crippen LogP contribution in [0, 0.1) is 0 Å². The zero-order chi connectivity index (χ0) is 16.2. The summed E-state index contributed by atoms with van der Waals surface area (Å²) >= 11 is 0. The molecule has 0 aliphatic carbocycles.